The highest BCUT2D eigenvalue weighted by Gasteiger charge is 2.14. The molecule has 0 aliphatic heterocycles. The molecule has 3 heterocycles. The van der Waals surface area contributed by atoms with Crippen LogP contribution in [0.1, 0.15) is 35.9 Å². The highest BCUT2D eigenvalue weighted by molar-refractivity contribution is 7.18. The maximum atomic E-state index is 12.4. The second kappa shape index (κ2) is 5.44. The number of thiophene rings is 1. The van der Waals surface area contributed by atoms with Gasteiger partial charge in [0.15, 0.2) is 0 Å². The van der Waals surface area contributed by atoms with Crippen molar-refractivity contribution in [2.45, 2.75) is 40.2 Å². The van der Waals surface area contributed by atoms with Crippen molar-refractivity contribution < 1.29 is 0 Å². The van der Waals surface area contributed by atoms with Crippen molar-refractivity contribution in [2.75, 3.05) is 0 Å². The first-order chi connectivity index (χ1) is 10.1. The molecule has 0 aliphatic rings. The van der Waals surface area contributed by atoms with E-state index in [4.69, 9.17) is 0 Å². The molecule has 21 heavy (non-hydrogen) atoms. The Morgan fingerprint density at radius 1 is 1.38 bits per heavy atom. The third kappa shape index (κ3) is 2.40. The van der Waals surface area contributed by atoms with Gasteiger partial charge in [-0.1, -0.05) is 6.92 Å². The van der Waals surface area contributed by atoms with Gasteiger partial charge in [-0.15, -0.1) is 11.3 Å². The third-order valence-corrected chi connectivity index (χ3v) is 4.77. The standard InChI is InChI=1S/C15H18N4OS/c1-4-10-9(3)21-15-13(10)14(20)17-11(18-15)8-12-16-6-7-19(12)5-2/h6-7H,4-5,8H2,1-3H3,(H,17,18,20). The number of rotatable bonds is 4. The summed E-state index contributed by atoms with van der Waals surface area (Å²) in [5.41, 5.74) is 1.08. The number of nitrogens with one attached hydrogen (secondary N) is 1. The Hall–Kier alpha value is -1.95. The van der Waals surface area contributed by atoms with E-state index >= 15 is 0 Å². The Bertz CT molecular complexity index is 843. The van der Waals surface area contributed by atoms with Crippen molar-refractivity contribution in [3.63, 3.8) is 0 Å². The van der Waals surface area contributed by atoms with E-state index in [1.165, 1.54) is 4.88 Å². The Morgan fingerprint density at radius 3 is 2.90 bits per heavy atom. The number of hydrogen-bond donors (Lipinski definition) is 1. The number of nitrogens with zero attached hydrogens (tertiary/aromatic N) is 3. The van der Waals surface area contributed by atoms with Crippen molar-refractivity contribution in [1.29, 1.82) is 0 Å². The summed E-state index contributed by atoms with van der Waals surface area (Å²) in [6, 6.07) is 0. The molecule has 5 nitrogen and oxygen atoms in total. The van der Waals surface area contributed by atoms with Crippen LogP contribution in [0, 0.1) is 6.92 Å². The maximum Gasteiger partial charge on any atom is 0.259 e. The van der Waals surface area contributed by atoms with E-state index in [0.717, 1.165) is 34.6 Å². The van der Waals surface area contributed by atoms with Gasteiger partial charge in [-0.25, -0.2) is 9.97 Å². The van der Waals surface area contributed by atoms with E-state index < -0.39 is 0 Å². The first kappa shape index (κ1) is 14.0. The summed E-state index contributed by atoms with van der Waals surface area (Å²) >= 11 is 1.60. The number of aromatic nitrogens is 4. The second-order valence-corrected chi connectivity index (χ2v) is 6.19. The molecule has 0 fully saturated rings. The summed E-state index contributed by atoms with van der Waals surface area (Å²) in [6.45, 7) is 7.05. The van der Waals surface area contributed by atoms with Gasteiger partial charge < -0.3 is 9.55 Å². The van der Waals surface area contributed by atoms with Gasteiger partial charge in [0.2, 0.25) is 0 Å². The average Bonchev–Trinajstić information content (AvgIpc) is 3.02. The molecule has 1 N–H and O–H groups in total. The van der Waals surface area contributed by atoms with Crippen LogP contribution in [0.5, 0.6) is 0 Å². The Labute approximate surface area is 126 Å². The molecule has 0 radical (unpaired) electrons. The zero-order valence-electron chi connectivity index (χ0n) is 12.4. The van der Waals surface area contributed by atoms with Crippen LogP contribution in [-0.2, 0) is 19.4 Å². The highest BCUT2D eigenvalue weighted by atomic mass is 32.1. The Kier molecular flexibility index (Phi) is 3.63. The molecular formula is C15H18N4OS. The number of aryl methyl sites for hydroxylation is 3. The number of aromatic amines is 1. The van der Waals surface area contributed by atoms with Crippen molar-refractivity contribution >= 4 is 21.6 Å². The van der Waals surface area contributed by atoms with Crippen LogP contribution in [0.25, 0.3) is 10.2 Å². The predicted molar refractivity (Wildman–Crippen MR) is 85.1 cm³/mol. The van der Waals surface area contributed by atoms with Gasteiger partial charge in [-0.2, -0.15) is 0 Å². The summed E-state index contributed by atoms with van der Waals surface area (Å²) in [6.07, 6.45) is 5.12. The van der Waals surface area contributed by atoms with Crippen LogP contribution in [0.2, 0.25) is 0 Å². The molecule has 3 aromatic rings. The molecule has 0 bridgehead atoms. The fourth-order valence-electron chi connectivity index (χ4n) is 2.67. The summed E-state index contributed by atoms with van der Waals surface area (Å²) in [4.78, 5) is 26.2. The van der Waals surface area contributed by atoms with E-state index in [2.05, 4.69) is 33.4 Å². The van der Waals surface area contributed by atoms with Crippen LogP contribution >= 0.6 is 11.3 Å². The van der Waals surface area contributed by atoms with Gasteiger partial charge in [0.1, 0.15) is 16.5 Å². The third-order valence-electron chi connectivity index (χ3n) is 3.73. The molecule has 0 saturated heterocycles. The molecule has 3 rings (SSSR count). The number of imidazole rings is 1. The zero-order valence-corrected chi connectivity index (χ0v) is 13.3. The lowest BCUT2D eigenvalue weighted by atomic mass is 10.1. The average molecular weight is 302 g/mol. The fraction of sp³-hybridized carbons (Fsp3) is 0.400. The number of H-pyrrole nitrogens is 1. The minimum atomic E-state index is -0.0363. The van der Waals surface area contributed by atoms with Crippen molar-refractivity contribution in [2.24, 2.45) is 0 Å². The van der Waals surface area contributed by atoms with Crippen LogP contribution < -0.4 is 5.56 Å². The zero-order chi connectivity index (χ0) is 15.0. The smallest absolute Gasteiger partial charge is 0.259 e. The number of fused-ring (bicyclic) bond motifs is 1. The minimum Gasteiger partial charge on any atom is -0.335 e. The maximum absolute atomic E-state index is 12.4. The van der Waals surface area contributed by atoms with Crippen LogP contribution in [0.4, 0.5) is 0 Å². The molecule has 0 spiro atoms. The van der Waals surface area contributed by atoms with E-state index in [-0.39, 0.29) is 5.56 Å². The Balaban J connectivity index is 2.07. The molecular weight excluding hydrogens is 284 g/mol. The Morgan fingerprint density at radius 2 is 2.19 bits per heavy atom. The van der Waals surface area contributed by atoms with E-state index in [1.807, 2.05) is 13.1 Å². The lowest BCUT2D eigenvalue weighted by molar-refractivity contribution is 0.703. The molecule has 6 heteroatoms. The largest absolute Gasteiger partial charge is 0.335 e. The van der Waals surface area contributed by atoms with Gasteiger partial charge in [0.25, 0.3) is 5.56 Å². The second-order valence-electron chi connectivity index (χ2n) is 4.99. The summed E-state index contributed by atoms with van der Waals surface area (Å²) < 4.78 is 2.06. The summed E-state index contributed by atoms with van der Waals surface area (Å²) in [7, 11) is 0. The van der Waals surface area contributed by atoms with Gasteiger partial charge in [-0.3, -0.25) is 4.79 Å². The van der Waals surface area contributed by atoms with Gasteiger partial charge in [-0.05, 0) is 25.8 Å². The van der Waals surface area contributed by atoms with E-state index in [0.29, 0.717) is 12.2 Å². The molecule has 110 valence electrons. The van der Waals surface area contributed by atoms with Crippen LogP contribution in [0.3, 0.4) is 0 Å². The molecule has 0 aromatic carbocycles. The monoisotopic (exact) mass is 302 g/mol. The van der Waals surface area contributed by atoms with Crippen molar-refractivity contribution in [1.82, 2.24) is 19.5 Å². The van der Waals surface area contributed by atoms with Gasteiger partial charge in [0.05, 0.1) is 11.8 Å². The predicted octanol–water partition coefficient (Wildman–Crippen LogP) is 2.66. The van der Waals surface area contributed by atoms with Crippen LogP contribution in [-0.4, -0.2) is 19.5 Å². The molecule has 0 amide bonds. The van der Waals surface area contributed by atoms with Crippen molar-refractivity contribution in [3.8, 4) is 0 Å². The SMILES string of the molecule is CCc1c(C)sc2nc(Cc3nccn3CC)[nH]c(=O)c12. The first-order valence-corrected chi connectivity index (χ1v) is 7.96. The summed E-state index contributed by atoms with van der Waals surface area (Å²) in [5.74, 6) is 1.60. The van der Waals surface area contributed by atoms with E-state index in [1.54, 1.807) is 17.5 Å². The highest BCUT2D eigenvalue weighted by Crippen LogP contribution is 2.27. The molecule has 0 aliphatic carbocycles. The molecule has 0 atom stereocenters. The van der Waals surface area contributed by atoms with Crippen LogP contribution in [0.15, 0.2) is 17.2 Å². The normalized spacial score (nSPS) is 11.4. The topological polar surface area (TPSA) is 63.6 Å². The van der Waals surface area contributed by atoms with Crippen molar-refractivity contribution in [3.05, 3.63) is 44.8 Å². The van der Waals surface area contributed by atoms with E-state index in [9.17, 15) is 4.79 Å². The number of hydrogen-bond acceptors (Lipinski definition) is 4. The molecule has 3 aromatic heterocycles. The first-order valence-electron chi connectivity index (χ1n) is 7.15. The van der Waals surface area contributed by atoms with Gasteiger partial charge in [0, 0.05) is 23.8 Å². The summed E-state index contributed by atoms with van der Waals surface area (Å²) in [5, 5.41) is 0.752. The minimum absolute atomic E-state index is 0.0363. The lowest BCUT2D eigenvalue weighted by Gasteiger charge is -2.04. The quantitative estimate of drug-likeness (QED) is 0.806. The van der Waals surface area contributed by atoms with Gasteiger partial charge >= 0.3 is 0 Å². The lowest BCUT2D eigenvalue weighted by Crippen LogP contribution is -2.14. The molecule has 0 unspecified atom stereocenters. The molecule has 0 saturated carbocycles. The fourth-order valence-corrected chi connectivity index (χ4v) is 3.81.